The Kier molecular flexibility index (Phi) is 2.68. The normalized spacial score (nSPS) is 10.3. The summed E-state index contributed by atoms with van der Waals surface area (Å²) in [6.45, 7) is 1.81. The Morgan fingerprint density at radius 1 is 1.38 bits per heavy atom. The van der Waals surface area contributed by atoms with Crippen LogP contribution >= 0.6 is 0 Å². The summed E-state index contributed by atoms with van der Waals surface area (Å²) in [5, 5.41) is 3.51. The van der Waals surface area contributed by atoms with Crippen LogP contribution in [0.5, 0.6) is 0 Å². The Balaban J connectivity index is 2.35. The summed E-state index contributed by atoms with van der Waals surface area (Å²) in [6.07, 6.45) is 0. The smallest absolute Gasteiger partial charge is 0.249 e. The van der Waals surface area contributed by atoms with E-state index in [4.69, 9.17) is 0 Å². The maximum Gasteiger partial charge on any atom is 0.249 e. The van der Waals surface area contributed by atoms with Crippen LogP contribution in [0, 0.1) is 0 Å². The summed E-state index contributed by atoms with van der Waals surface area (Å²) in [4.78, 5) is 28.7. The molecule has 5 nitrogen and oxygen atoms in total. The van der Waals surface area contributed by atoms with E-state index < -0.39 is 0 Å². The number of H-pyrrole nitrogens is 1. The molecule has 2 aromatic heterocycles. The number of fused-ring (bicyclic) bond motifs is 1. The highest BCUT2D eigenvalue weighted by Crippen LogP contribution is 2.07. The standard InChI is InChI=1S/C11H11N3O2/c1-7(15)12-6-9-4-2-8-3-5-10(16)14-11(8)13-9/h2-5H,6H2,1H3,(H,12,15)(H,13,14,16). The average molecular weight is 217 g/mol. The summed E-state index contributed by atoms with van der Waals surface area (Å²) in [6, 6.07) is 6.84. The van der Waals surface area contributed by atoms with E-state index in [0.29, 0.717) is 17.9 Å². The minimum absolute atomic E-state index is 0.108. The van der Waals surface area contributed by atoms with E-state index in [1.54, 1.807) is 6.07 Å². The van der Waals surface area contributed by atoms with Crippen molar-refractivity contribution in [1.82, 2.24) is 15.3 Å². The molecule has 0 unspecified atom stereocenters. The molecule has 0 saturated carbocycles. The minimum Gasteiger partial charge on any atom is -0.351 e. The molecule has 1 amide bonds. The van der Waals surface area contributed by atoms with E-state index >= 15 is 0 Å². The maximum absolute atomic E-state index is 11.1. The van der Waals surface area contributed by atoms with Gasteiger partial charge in [0.2, 0.25) is 11.5 Å². The molecule has 2 heterocycles. The van der Waals surface area contributed by atoms with Crippen molar-refractivity contribution in [3.05, 3.63) is 40.3 Å². The van der Waals surface area contributed by atoms with Crippen molar-refractivity contribution >= 4 is 16.9 Å². The van der Waals surface area contributed by atoms with Crippen molar-refractivity contribution in [2.45, 2.75) is 13.5 Å². The molecule has 0 aliphatic carbocycles. The first-order valence-electron chi connectivity index (χ1n) is 4.88. The van der Waals surface area contributed by atoms with Gasteiger partial charge in [-0.15, -0.1) is 0 Å². The van der Waals surface area contributed by atoms with E-state index in [1.165, 1.54) is 13.0 Å². The Labute approximate surface area is 91.5 Å². The largest absolute Gasteiger partial charge is 0.351 e. The number of amides is 1. The summed E-state index contributed by atoms with van der Waals surface area (Å²) in [5.74, 6) is -0.108. The second kappa shape index (κ2) is 4.14. The summed E-state index contributed by atoms with van der Waals surface area (Å²) in [7, 11) is 0. The number of aromatic nitrogens is 2. The fourth-order valence-electron chi connectivity index (χ4n) is 1.38. The first kappa shape index (κ1) is 10.4. The Hall–Kier alpha value is -2.17. The minimum atomic E-state index is -0.184. The molecule has 0 aromatic carbocycles. The van der Waals surface area contributed by atoms with E-state index in [0.717, 1.165) is 5.39 Å². The first-order chi connectivity index (χ1) is 7.65. The number of nitrogens with one attached hydrogen (secondary N) is 2. The van der Waals surface area contributed by atoms with Crippen LogP contribution in [-0.2, 0) is 11.3 Å². The molecule has 2 rings (SSSR count). The lowest BCUT2D eigenvalue weighted by Gasteiger charge is -2.03. The van der Waals surface area contributed by atoms with Gasteiger partial charge in [0.1, 0.15) is 5.65 Å². The van der Waals surface area contributed by atoms with Gasteiger partial charge in [-0.05, 0) is 18.2 Å². The second-order valence-corrected chi connectivity index (χ2v) is 3.47. The molecule has 2 N–H and O–H groups in total. The van der Waals surface area contributed by atoms with Gasteiger partial charge in [-0.2, -0.15) is 0 Å². The van der Waals surface area contributed by atoms with Crippen molar-refractivity contribution in [2.75, 3.05) is 0 Å². The van der Waals surface area contributed by atoms with Gasteiger partial charge in [0, 0.05) is 18.4 Å². The fraction of sp³-hybridized carbons (Fsp3) is 0.182. The van der Waals surface area contributed by atoms with Gasteiger partial charge in [-0.3, -0.25) is 9.59 Å². The van der Waals surface area contributed by atoms with E-state index in [9.17, 15) is 9.59 Å². The highest BCUT2D eigenvalue weighted by molar-refractivity contribution is 5.75. The molecule has 0 atom stereocenters. The zero-order valence-electron chi connectivity index (χ0n) is 8.78. The summed E-state index contributed by atoms with van der Waals surface area (Å²) >= 11 is 0. The number of nitrogens with zero attached hydrogens (tertiary/aromatic N) is 1. The lowest BCUT2D eigenvalue weighted by molar-refractivity contribution is -0.119. The Morgan fingerprint density at radius 2 is 2.12 bits per heavy atom. The van der Waals surface area contributed by atoms with Gasteiger partial charge in [0.25, 0.3) is 0 Å². The van der Waals surface area contributed by atoms with Crippen LogP contribution in [-0.4, -0.2) is 15.9 Å². The highest BCUT2D eigenvalue weighted by Gasteiger charge is 1.99. The van der Waals surface area contributed by atoms with Crippen LogP contribution in [0.2, 0.25) is 0 Å². The van der Waals surface area contributed by atoms with Crippen LogP contribution in [0.1, 0.15) is 12.6 Å². The van der Waals surface area contributed by atoms with Crippen LogP contribution in [0.4, 0.5) is 0 Å². The van der Waals surface area contributed by atoms with Crippen molar-refractivity contribution in [1.29, 1.82) is 0 Å². The number of hydrogen-bond donors (Lipinski definition) is 2. The molecule has 0 aliphatic heterocycles. The number of aromatic amines is 1. The SMILES string of the molecule is CC(=O)NCc1ccc2ccc(=O)[nH]c2n1. The summed E-state index contributed by atoms with van der Waals surface area (Å²) in [5.41, 5.74) is 1.07. The zero-order chi connectivity index (χ0) is 11.5. The number of carbonyl (C=O) groups is 1. The van der Waals surface area contributed by atoms with Crippen LogP contribution in [0.25, 0.3) is 11.0 Å². The molecular formula is C11H11N3O2. The lowest BCUT2D eigenvalue weighted by Crippen LogP contribution is -2.19. The molecule has 0 spiro atoms. The highest BCUT2D eigenvalue weighted by atomic mass is 16.1. The van der Waals surface area contributed by atoms with E-state index in [1.807, 2.05) is 12.1 Å². The number of rotatable bonds is 2. The van der Waals surface area contributed by atoms with Gasteiger partial charge >= 0.3 is 0 Å². The lowest BCUT2D eigenvalue weighted by atomic mass is 10.2. The number of hydrogen-bond acceptors (Lipinski definition) is 3. The molecule has 0 aliphatic rings. The van der Waals surface area contributed by atoms with Crippen molar-refractivity contribution in [3.63, 3.8) is 0 Å². The topological polar surface area (TPSA) is 74.8 Å². The van der Waals surface area contributed by atoms with E-state index in [2.05, 4.69) is 15.3 Å². The third-order valence-corrected chi connectivity index (χ3v) is 2.16. The molecule has 0 fully saturated rings. The van der Waals surface area contributed by atoms with Crippen LogP contribution < -0.4 is 10.9 Å². The molecular weight excluding hydrogens is 206 g/mol. The van der Waals surface area contributed by atoms with Gasteiger partial charge in [-0.1, -0.05) is 0 Å². The fourth-order valence-corrected chi connectivity index (χ4v) is 1.38. The van der Waals surface area contributed by atoms with Crippen molar-refractivity contribution in [2.24, 2.45) is 0 Å². The van der Waals surface area contributed by atoms with Crippen molar-refractivity contribution in [3.8, 4) is 0 Å². The van der Waals surface area contributed by atoms with Gasteiger partial charge in [0.05, 0.1) is 12.2 Å². The maximum atomic E-state index is 11.1. The van der Waals surface area contributed by atoms with E-state index in [-0.39, 0.29) is 11.5 Å². The number of pyridine rings is 2. The third kappa shape index (κ3) is 2.25. The Morgan fingerprint density at radius 3 is 2.88 bits per heavy atom. The predicted molar refractivity (Wildman–Crippen MR) is 59.9 cm³/mol. The van der Waals surface area contributed by atoms with Gasteiger partial charge < -0.3 is 10.3 Å². The molecule has 82 valence electrons. The molecule has 16 heavy (non-hydrogen) atoms. The van der Waals surface area contributed by atoms with Crippen LogP contribution in [0.3, 0.4) is 0 Å². The van der Waals surface area contributed by atoms with Crippen LogP contribution in [0.15, 0.2) is 29.1 Å². The molecule has 5 heteroatoms. The summed E-state index contributed by atoms with van der Waals surface area (Å²) < 4.78 is 0. The number of carbonyl (C=O) groups excluding carboxylic acids is 1. The predicted octanol–water partition coefficient (Wildman–Crippen LogP) is 0.559. The quantitative estimate of drug-likeness (QED) is 0.771. The Bertz CT molecular complexity index is 589. The first-order valence-corrected chi connectivity index (χ1v) is 4.88. The molecule has 0 bridgehead atoms. The molecule has 0 radical (unpaired) electrons. The van der Waals surface area contributed by atoms with Gasteiger partial charge in [0.15, 0.2) is 0 Å². The monoisotopic (exact) mass is 217 g/mol. The molecule has 0 saturated heterocycles. The van der Waals surface area contributed by atoms with Crippen molar-refractivity contribution < 1.29 is 4.79 Å². The second-order valence-electron chi connectivity index (χ2n) is 3.47. The average Bonchev–Trinajstić information content (AvgIpc) is 2.25. The third-order valence-electron chi connectivity index (χ3n) is 2.16. The van der Waals surface area contributed by atoms with Gasteiger partial charge in [-0.25, -0.2) is 4.98 Å². The zero-order valence-corrected chi connectivity index (χ0v) is 8.78. The molecule has 2 aromatic rings.